The van der Waals surface area contributed by atoms with Gasteiger partial charge >= 0.3 is 6.03 Å². The van der Waals surface area contributed by atoms with Crippen LogP contribution in [0.25, 0.3) is 0 Å². The predicted octanol–water partition coefficient (Wildman–Crippen LogP) is 1.15. The Hall–Kier alpha value is -2.08. The number of rotatable bonds is 6. The van der Waals surface area contributed by atoms with Crippen LogP contribution >= 0.6 is 0 Å². The Morgan fingerprint density at radius 3 is 2.68 bits per heavy atom. The van der Waals surface area contributed by atoms with Gasteiger partial charge in [-0.2, -0.15) is 0 Å². The minimum Gasteiger partial charge on any atom is -0.491 e. The van der Waals surface area contributed by atoms with Crippen molar-refractivity contribution in [3.05, 3.63) is 30.3 Å². The van der Waals surface area contributed by atoms with Gasteiger partial charge in [-0.1, -0.05) is 18.2 Å². The third-order valence-electron chi connectivity index (χ3n) is 4.27. The van der Waals surface area contributed by atoms with Crippen molar-refractivity contribution in [1.29, 1.82) is 0 Å². The number of benzene rings is 1. The highest BCUT2D eigenvalue weighted by Gasteiger charge is 2.56. The van der Waals surface area contributed by atoms with Gasteiger partial charge in [0.1, 0.15) is 24.0 Å². The number of aliphatic hydroxyl groups is 1. The van der Waals surface area contributed by atoms with Gasteiger partial charge in [0.15, 0.2) is 0 Å². The molecule has 1 aliphatic carbocycles. The summed E-state index contributed by atoms with van der Waals surface area (Å²) < 4.78 is 5.44. The molecule has 0 bridgehead atoms. The predicted molar refractivity (Wildman–Crippen MR) is 79.3 cm³/mol. The van der Waals surface area contributed by atoms with Crippen LogP contribution < -0.4 is 10.1 Å². The van der Waals surface area contributed by atoms with Crippen molar-refractivity contribution in [2.45, 2.75) is 31.4 Å². The second kappa shape index (κ2) is 5.61. The molecule has 2 atom stereocenters. The molecule has 0 radical (unpaired) electrons. The summed E-state index contributed by atoms with van der Waals surface area (Å²) >= 11 is 0. The zero-order valence-corrected chi connectivity index (χ0v) is 12.5. The fraction of sp³-hybridized carbons (Fsp3) is 0.500. The van der Waals surface area contributed by atoms with Crippen LogP contribution in [-0.2, 0) is 4.79 Å². The molecular formula is C16H20N2O4. The Balaban J connectivity index is 1.56. The van der Waals surface area contributed by atoms with Gasteiger partial charge in [0.2, 0.25) is 0 Å². The maximum absolute atomic E-state index is 12.4. The molecule has 3 rings (SSSR count). The van der Waals surface area contributed by atoms with Crippen LogP contribution in [-0.4, -0.2) is 46.7 Å². The van der Waals surface area contributed by atoms with Crippen molar-refractivity contribution in [2.24, 2.45) is 5.92 Å². The molecule has 1 aliphatic heterocycles. The summed E-state index contributed by atoms with van der Waals surface area (Å²) in [6.45, 7) is 1.73. The Bertz CT molecular complexity index is 573. The van der Waals surface area contributed by atoms with Crippen molar-refractivity contribution in [3.8, 4) is 5.75 Å². The van der Waals surface area contributed by atoms with Gasteiger partial charge in [0.05, 0.1) is 6.54 Å². The van der Waals surface area contributed by atoms with E-state index in [4.69, 9.17) is 4.74 Å². The van der Waals surface area contributed by atoms with Crippen LogP contribution in [0.1, 0.15) is 19.8 Å². The van der Waals surface area contributed by atoms with Crippen LogP contribution in [0.15, 0.2) is 30.3 Å². The fourth-order valence-corrected chi connectivity index (χ4v) is 2.79. The van der Waals surface area contributed by atoms with E-state index in [-0.39, 0.29) is 25.0 Å². The summed E-state index contributed by atoms with van der Waals surface area (Å²) in [5, 5.41) is 12.8. The molecule has 6 nitrogen and oxygen atoms in total. The van der Waals surface area contributed by atoms with E-state index in [9.17, 15) is 14.7 Å². The molecule has 1 saturated carbocycles. The average Bonchev–Trinajstić information content (AvgIpc) is 3.33. The van der Waals surface area contributed by atoms with E-state index in [1.165, 1.54) is 0 Å². The first-order valence-electron chi connectivity index (χ1n) is 7.51. The van der Waals surface area contributed by atoms with Crippen LogP contribution in [0.2, 0.25) is 0 Å². The second-order valence-corrected chi connectivity index (χ2v) is 6.10. The van der Waals surface area contributed by atoms with Crippen molar-refractivity contribution < 1.29 is 19.4 Å². The summed E-state index contributed by atoms with van der Waals surface area (Å²) in [5.41, 5.74) is -0.808. The first kappa shape index (κ1) is 14.8. The Morgan fingerprint density at radius 1 is 1.36 bits per heavy atom. The Labute approximate surface area is 129 Å². The maximum atomic E-state index is 12.4. The lowest BCUT2D eigenvalue weighted by Crippen LogP contribution is -2.46. The van der Waals surface area contributed by atoms with Crippen molar-refractivity contribution in [3.63, 3.8) is 0 Å². The molecule has 0 spiro atoms. The van der Waals surface area contributed by atoms with E-state index in [1.807, 2.05) is 18.2 Å². The monoisotopic (exact) mass is 304 g/mol. The maximum Gasteiger partial charge on any atom is 0.325 e. The molecule has 0 unspecified atom stereocenters. The van der Waals surface area contributed by atoms with E-state index in [0.717, 1.165) is 17.7 Å². The van der Waals surface area contributed by atoms with Crippen LogP contribution in [0, 0.1) is 5.92 Å². The zero-order chi connectivity index (χ0) is 15.7. The van der Waals surface area contributed by atoms with E-state index in [1.54, 1.807) is 19.1 Å². The molecule has 2 aliphatic rings. The number of carbonyl (C=O) groups excluding carboxylic acids is 2. The summed E-state index contributed by atoms with van der Waals surface area (Å²) in [6.07, 6.45) is 0.989. The van der Waals surface area contributed by atoms with Gasteiger partial charge < -0.3 is 15.2 Å². The van der Waals surface area contributed by atoms with E-state index in [2.05, 4.69) is 5.32 Å². The highest BCUT2D eigenvalue weighted by molar-refractivity contribution is 6.07. The standard InChI is InChI=1S/C16H20N2O4/c1-16(11-7-8-11)14(20)18(15(21)17-16)9-12(19)10-22-13-5-3-2-4-6-13/h2-6,11-12,19H,7-10H2,1H3,(H,17,21)/t12-,16-/m1/s1. The number of nitrogens with zero attached hydrogens (tertiary/aromatic N) is 1. The van der Waals surface area contributed by atoms with Crippen molar-refractivity contribution in [1.82, 2.24) is 10.2 Å². The minimum absolute atomic E-state index is 0.0290. The Morgan fingerprint density at radius 2 is 2.05 bits per heavy atom. The molecule has 1 saturated heterocycles. The smallest absolute Gasteiger partial charge is 0.325 e. The number of carbonyl (C=O) groups is 2. The highest BCUT2D eigenvalue weighted by atomic mass is 16.5. The quantitative estimate of drug-likeness (QED) is 0.773. The summed E-state index contributed by atoms with van der Waals surface area (Å²) in [4.78, 5) is 25.5. The lowest BCUT2D eigenvalue weighted by Gasteiger charge is -2.22. The number of hydrogen-bond acceptors (Lipinski definition) is 4. The first-order chi connectivity index (χ1) is 10.5. The molecule has 6 heteroatoms. The number of nitrogens with one attached hydrogen (secondary N) is 1. The average molecular weight is 304 g/mol. The molecule has 0 aromatic heterocycles. The number of amides is 3. The van der Waals surface area contributed by atoms with Crippen molar-refractivity contribution in [2.75, 3.05) is 13.2 Å². The molecule has 118 valence electrons. The molecule has 1 heterocycles. The van der Waals surface area contributed by atoms with Gasteiger partial charge in [-0.15, -0.1) is 0 Å². The normalized spacial score (nSPS) is 26.0. The van der Waals surface area contributed by atoms with E-state index < -0.39 is 17.7 Å². The molecule has 22 heavy (non-hydrogen) atoms. The summed E-state index contributed by atoms with van der Waals surface area (Å²) in [5.74, 6) is 0.604. The minimum atomic E-state index is -0.920. The molecular weight excluding hydrogens is 284 g/mol. The lowest BCUT2D eigenvalue weighted by atomic mass is 9.96. The molecule has 1 aromatic carbocycles. The van der Waals surface area contributed by atoms with E-state index >= 15 is 0 Å². The number of β-amino-alcohol motifs (C(OH)–C–C–N with tert-alkyl or cyclic N) is 1. The fourth-order valence-electron chi connectivity index (χ4n) is 2.79. The number of urea groups is 1. The van der Waals surface area contributed by atoms with Crippen LogP contribution in [0.3, 0.4) is 0 Å². The molecule has 1 aromatic rings. The number of imide groups is 1. The van der Waals surface area contributed by atoms with Crippen LogP contribution in [0.5, 0.6) is 5.75 Å². The number of ether oxygens (including phenoxy) is 1. The number of para-hydroxylation sites is 1. The lowest BCUT2D eigenvalue weighted by molar-refractivity contribution is -0.132. The topological polar surface area (TPSA) is 78.9 Å². The number of hydrogen-bond donors (Lipinski definition) is 2. The molecule has 2 N–H and O–H groups in total. The molecule has 2 fully saturated rings. The SMILES string of the molecule is C[C@]1(C2CC2)NC(=O)N(C[C@@H](O)COc2ccccc2)C1=O. The summed E-state index contributed by atoms with van der Waals surface area (Å²) in [7, 11) is 0. The van der Waals surface area contributed by atoms with Crippen LogP contribution in [0.4, 0.5) is 4.79 Å². The Kier molecular flexibility index (Phi) is 3.78. The van der Waals surface area contributed by atoms with Gasteiger partial charge in [0, 0.05) is 0 Å². The summed E-state index contributed by atoms with van der Waals surface area (Å²) in [6, 6.07) is 8.67. The highest BCUT2D eigenvalue weighted by Crippen LogP contribution is 2.42. The molecule has 3 amide bonds. The van der Waals surface area contributed by atoms with Gasteiger partial charge in [-0.25, -0.2) is 4.79 Å². The third kappa shape index (κ3) is 2.78. The zero-order valence-electron chi connectivity index (χ0n) is 12.5. The van der Waals surface area contributed by atoms with Gasteiger partial charge in [0.25, 0.3) is 5.91 Å². The van der Waals surface area contributed by atoms with Crippen molar-refractivity contribution >= 4 is 11.9 Å². The first-order valence-corrected chi connectivity index (χ1v) is 7.51. The van der Waals surface area contributed by atoms with Gasteiger partial charge in [-0.3, -0.25) is 9.69 Å². The largest absolute Gasteiger partial charge is 0.491 e. The van der Waals surface area contributed by atoms with Gasteiger partial charge in [-0.05, 0) is 37.8 Å². The number of aliphatic hydroxyl groups excluding tert-OH is 1. The third-order valence-corrected chi connectivity index (χ3v) is 4.27. The second-order valence-electron chi connectivity index (χ2n) is 6.10. The van der Waals surface area contributed by atoms with E-state index in [0.29, 0.717) is 5.75 Å².